The Bertz CT molecular complexity index is 474. The predicted molar refractivity (Wildman–Crippen MR) is 84.1 cm³/mol. The molecular weight excluding hydrogens is 264 g/mol. The standard InChI is InChI=1S/C17H26N2O2/c1-3-18-15(12-19(2)14-6-7-14)13-5-8-16-17(11-13)21-10-4-9-20-16/h5,8,11,14-15,18H,3-4,6-7,9-10,12H2,1-2H3. The SMILES string of the molecule is CCNC(CN(C)C1CC1)c1ccc2c(c1)OCCCO2. The molecule has 21 heavy (non-hydrogen) atoms. The lowest BCUT2D eigenvalue weighted by Crippen LogP contribution is -2.34. The first-order valence-corrected chi connectivity index (χ1v) is 8.11. The van der Waals surface area contributed by atoms with Gasteiger partial charge in [0.15, 0.2) is 11.5 Å². The smallest absolute Gasteiger partial charge is 0.161 e. The first-order chi connectivity index (χ1) is 10.3. The van der Waals surface area contributed by atoms with Crippen molar-refractivity contribution in [1.82, 2.24) is 10.2 Å². The molecular formula is C17H26N2O2. The third-order valence-electron chi connectivity index (χ3n) is 4.27. The van der Waals surface area contributed by atoms with E-state index in [-0.39, 0.29) is 0 Å². The molecule has 1 fully saturated rings. The van der Waals surface area contributed by atoms with Crippen LogP contribution < -0.4 is 14.8 Å². The van der Waals surface area contributed by atoms with Gasteiger partial charge in [-0.05, 0) is 44.1 Å². The van der Waals surface area contributed by atoms with Gasteiger partial charge < -0.3 is 19.7 Å². The molecule has 1 aromatic rings. The van der Waals surface area contributed by atoms with Gasteiger partial charge in [-0.3, -0.25) is 0 Å². The van der Waals surface area contributed by atoms with Gasteiger partial charge in [0, 0.05) is 25.0 Å². The molecule has 0 aromatic heterocycles. The molecule has 3 rings (SSSR count). The second kappa shape index (κ2) is 6.67. The van der Waals surface area contributed by atoms with Crippen LogP contribution in [0.2, 0.25) is 0 Å². The van der Waals surface area contributed by atoms with Crippen molar-refractivity contribution in [3.8, 4) is 11.5 Å². The van der Waals surface area contributed by atoms with E-state index < -0.39 is 0 Å². The van der Waals surface area contributed by atoms with Crippen LogP contribution in [0.1, 0.15) is 37.8 Å². The molecule has 2 aliphatic rings. The van der Waals surface area contributed by atoms with Crippen molar-refractivity contribution in [2.24, 2.45) is 0 Å². The van der Waals surface area contributed by atoms with E-state index in [4.69, 9.17) is 9.47 Å². The van der Waals surface area contributed by atoms with E-state index >= 15 is 0 Å². The third-order valence-corrected chi connectivity index (χ3v) is 4.27. The molecule has 1 heterocycles. The monoisotopic (exact) mass is 290 g/mol. The zero-order chi connectivity index (χ0) is 14.7. The van der Waals surface area contributed by atoms with Crippen LogP contribution in [-0.4, -0.2) is 44.3 Å². The molecule has 116 valence electrons. The van der Waals surface area contributed by atoms with Crippen molar-refractivity contribution in [3.05, 3.63) is 23.8 Å². The second-order valence-electron chi connectivity index (χ2n) is 6.04. The quantitative estimate of drug-likeness (QED) is 0.873. The van der Waals surface area contributed by atoms with Gasteiger partial charge in [-0.1, -0.05) is 13.0 Å². The van der Waals surface area contributed by atoms with Crippen molar-refractivity contribution >= 4 is 0 Å². The summed E-state index contributed by atoms with van der Waals surface area (Å²) in [6, 6.07) is 7.50. The molecule has 0 bridgehead atoms. The number of ether oxygens (including phenoxy) is 2. The minimum absolute atomic E-state index is 0.345. The minimum atomic E-state index is 0.345. The first-order valence-electron chi connectivity index (χ1n) is 8.11. The molecule has 1 aromatic carbocycles. The predicted octanol–water partition coefficient (Wildman–Crippen LogP) is 2.59. The van der Waals surface area contributed by atoms with Gasteiger partial charge in [-0.2, -0.15) is 0 Å². The third kappa shape index (κ3) is 3.69. The zero-order valence-electron chi connectivity index (χ0n) is 13.1. The van der Waals surface area contributed by atoms with Crippen LogP contribution in [0.3, 0.4) is 0 Å². The number of fused-ring (bicyclic) bond motifs is 1. The summed E-state index contributed by atoms with van der Waals surface area (Å²) in [4.78, 5) is 2.47. The zero-order valence-corrected chi connectivity index (χ0v) is 13.1. The summed E-state index contributed by atoms with van der Waals surface area (Å²) in [5.74, 6) is 1.77. The van der Waals surface area contributed by atoms with Gasteiger partial charge in [0.2, 0.25) is 0 Å². The van der Waals surface area contributed by atoms with Gasteiger partial charge in [0.1, 0.15) is 0 Å². The highest BCUT2D eigenvalue weighted by Gasteiger charge is 2.28. The maximum atomic E-state index is 5.82. The van der Waals surface area contributed by atoms with E-state index in [2.05, 4.69) is 42.4 Å². The van der Waals surface area contributed by atoms with Gasteiger partial charge in [-0.25, -0.2) is 0 Å². The van der Waals surface area contributed by atoms with Crippen molar-refractivity contribution in [2.75, 3.05) is 33.4 Å². The summed E-state index contributed by atoms with van der Waals surface area (Å²) >= 11 is 0. The van der Waals surface area contributed by atoms with Crippen molar-refractivity contribution in [2.45, 2.75) is 38.3 Å². The summed E-state index contributed by atoms with van der Waals surface area (Å²) in [7, 11) is 2.23. The molecule has 1 aliphatic carbocycles. The molecule has 1 unspecified atom stereocenters. The van der Waals surface area contributed by atoms with Crippen molar-refractivity contribution in [1.29, 1.82) is 0 Å². The van der Waals surface area contributed by atoms with Gasteiger partial charge >= 0.3 is 0 Å². The Morgan fingerprint density at radius 2 is 2.00 bits per heavy atom. The molecule has 0 saturated heterocycles. The van der Waals surface area contributed by atoms with E-state index in [1.807, 2.05) is 0 Å². The molecule has 0 radical (unpaired) electrons. The molecule has 0 amide bonds. The van der Waals surface area contributed by atoms with Crippen LogP contribution in [0.5, 0.6) is 11.5 Å². The number of hydrogen-bond donors (Lipinski definition) is 1. The average molecular weight is 290 g/mol. The summed E-state index contributed by atoms with van der Waals surface area (Å²) in [5.41, 5.74) is 1.29. The van der Waals surface area contributed by atoms with E-state index in [1.165, 1.54) is 18.4 Å². The van der Waals surface area contributed by atoms with Crippen LogP contribution in [-0.2, 0) is 0 Å². The fourth-order valence-corrected chi connectivity index (χ4v) is 2.88. The molecule has 1 saturated carbocycles. The van der Waals surface area contributed by atoms with Gasteiger partial charge in [0.05, 0.1) is 13.2 Å². The van der Waals surface area contributed by atoms with E-state index in [9.17, 15) is 0 Å². The van der Waals surface area contributed by atoms with E-state index in [0.29, 0.717) is 6.04 Å². The van der Waals surface area contributed by atoms with Gasteiger partial charge in [-0.15, -0.1) is 0 Å². The van der Waals surface area contributed by atoms with E-state index in [0.717, 1.165) is 50.3 Å². The lowest BCUT2D eigenvalue weighted by molar-refractivity contribution is 0.282. The molecule has 1 aliphatic heterocycles. The first kappa shape index (κ1) is 14.7. The molecule has 4 nitrogen and oxygen atoms in total. The second-order valence-corrected chi connectivity index (χ2v) is 6.04. The lowest BCUT2D eigenvalue weighted by atomic mass is 10.1. The number of nitrogens with zero attached hydrogens (tertiary/aromatic N) is 1. The fraction of sp³-hybridized carbons (Fsp3) is 0.647. The Balaban J connectivity index is 1.76. The molecule has 1 atom stereocenters. The van der Waals surface area contributed by atoms with Crippen LogP contribution >= 0.6 is 0 Å². The van der Waals surface area contributed by atoms with Crippen LogP contribution in [0.25, 0.3) is 0 Å². The summed E-state index contributed by atoms with van der Waals surface area (Å²) in [6.45, 7) is 5.65. The number of benzene rings is 1. The Morgan fingerprint density at radius 1 is 1.24 bits per heavy atom. The number of likely N-dealkylation sites (N-methyl/N-ethyl adjacent to an activating group) is 2. The highest BCUT2D eigenvalue weighted by Crippen LogP contribution is 2.33. The molecule has 4 heteroatoms. The summed E-state index contributed by atoms with van der Waals surface area (Å²) in [5, 5.41) is 3.60. The molecule has 1 N–H and O–H groups in total. The Hall–Kier alpha value is -1.26. The Morgan fingerprint density at radius 3 is 2.71 bits per heavy atom. The summed E-state index contributed by atoms with van der Waals surface area (Å²) < 4.78 is 11.5. The Kier molecular flexibility index (Phi) is 4.66. The largest absolute Gasteiger partial charge is 0.490 e. The highest BCUT2D eigenvalue weighted by molar-refractivity contribution is 5.44. The number of rotatable bonds is 6. The minimum Gasteiger partial charge on any atom is -0.490 e. The van der Waals surface area contributed by atoms with Crippen LogP contribution in [0, 0.1) is 0 Å². The average Bonchev–Trinajstić information content (AvgIpc) is 3.32. The topological polar surface area (TPSA) is 33.7 Å². The van der Waals surface area contributed by atoms with Crippen molar-refractivity contribution < 1.29 is 9.47 Å². The lowest BCUT2D eigenvalue weighted by Gasteiger charge is -2.25. The molecule has 0 spiro atoms. The number of nitrogens with one attached hydrogen (secondary N) is 1. The van der Waals surface area contributed by atoms with Crippen LogP contribution in [0.15, 0.2) is 18.2 Å². The highest BCUT2D eigenvalue weighted by atomic mass is 16.5. The van der Waals surface area contributed by atoms with Crippen molar-refractivity contribution in [3.63, 3.8) is 0 Å². The Labute approximate surface area is 127 Å². The number of hydrogen-bond acceptors (Lipinski definition) is 4. The maximum absolute atomic E-state index is 5.82. The van der Waals surface area contributed by atoms with Crippen LogP contribution in [0.4, 0.5) is 0 Å². The van der Waals surface area contributed by atoms with Gasteiger partial charge in [0.25, 0.3) is 0 Å². The fourth-order valence-electron chi connectivity index (χ4n) is 2.88. The normalized spacial score (nSPS) is 19.4. The van der Waals surface area contributed by atoms with E-state index in [1.54, 1.807) is 0 Å². The summed E-state index contributed by atoms with van der Waals surface area (Å²) in [6.07, 6.45) is 3.64. The maximum Gasteiger partial charge on any atom is 0.161 e.